The van der Waals surface area contributed by atoms with Gasteiger partial charge in [0.05, 0.1) is 34.0 Å². The Kier molecular flexibility index (Phi) is 5.44. The normalized spacial score (nSPS) is 24.5. The van der Waals surface area contributed by atoms with Gasteiger partial charge in [-0.15, -0.1) is 0 Å². The summed E-state index contributed by atoms with van der Waals surface area (Å²) < 4.78 is 24.2. The molecule has 146 valence electrons. The van der Waals surface area contributed by atoms with E-state index < -0.39 is 9.84 Å². The van der Waals surface area contributed by atoms with E-state index >= 15 is 0 Å². The number of amides is 1. The molecule has 2 fully saturated rings. The van der Waals surface area contributed by atoms with Crippen molar-refractivity contribution in [2.75, 3.05) is 16.4 Å². The Bertz CT molecular complexity index is 1060. The first-order chi connectivity index (χ1) is 13.3. The number of hydrogen-bond donors (Lipinski definition) is 0. The molecule has 2 saturated heterocycles. The van der Waals surface area contributed by atoms with Crippen molar-refractivity contribution in [3.8, 4) is 0 Å². The summed E-state index contributed by atoms with van der Waals surface area (Å²) >= 11 is 13.5. The summed E-state index contributed by atoms with van der Waals surface area (Å²) in [6, 6.07) is 14.2. The molecule has 2 heterocycles. The number of nitrogens with zero attached hydrogens (tertiary/aromatic N) is 2. The first kappa shape index (κ1) is 19.8. The second kappa shape index (κ2) is 7.71. The predicted octanol–water partition coefficient (Wildman–Crippen LogP) is 3.84. The van der Waals surface area contributed by atoms with Gasteiger partial charge >= 0.3 is 0 Å². The van der Waals surface area contributed by atoms with Gasteiger partial charge in [0.25, 0.3) is 5.91 Å². The molecule has 2 aromatic carbocycles. The topological polar surface area (TPSA) is 66.8 Å². The van der Waals surface area contributed by atoms with E-state index in [9.17, 15) is 13.2 Å². The highest BCUT2D eigenvalue weighted by Crippen LogP contribution is 2.42. The number of amidine groups is 1. The van der Waals surface area contributed by atoms with Gasteiger partial charge in [0.2, 0.25) is 0 Å². The molecular formula is C19H16Cl2N2O3S2. The summed E-state index contributed by atoms with van der Waals surface area (Å²) in [6.45, 7) is 0. The number of halogens is 2. The molecule has 0 aliphatic carbocycles. The average molecular weight is 455 g/mol. The number of thioether (sulfide) groups is 1. The molecule has 9 heteroatoms. The van der Waals surface area contributed by atoms with Crippen LogP contribution in [0, 0.1) is 0 Å². The van der Waals surface area contributed by atoms with Crippen LogP contribution in [-0.2, 0) is 21.1 Å². The number of fused-ring (bicyclic) bond motifs is 1. The maximum atomic E-state index is 12.5. The molecule has 1 amide bonds. The zero-order chi connectivity index (χ0) is 19.9. The van der Waals surface area contributed by atoms with Gasteiger partial charge in [0, 0.05) is 10.9 Å². The average Bonchev–Trinajstić information content (AvgIpc) is 3.09. The Morgan fingerprint density at radius 1 is 1.11 bits per heavy atom. The molecule has 2 aliphatic rings. The smallest absolute Gasteiger partial charge is 0.252 e. The van der Waals surface area contributed by atoms with Crippen molar-refractivity contribution in [3.63, 3.8) is 0 Å². The van der Waals surface area contributed by atoms with Crippen LogP contribution >= 0.6 is 35.0 Å². The molecule has 5 nitrogen and oxygen atoms in total. The lowest BCUT2D eigenvalue weighted by Gasteiger charge is -2.24. The van der Waals surface area contributed by atoms with Gasteiger partial charge < -0.3 is 4.90 Å². The maximum Gasteiger partial charge on any atom is 0.252 e. The molecule has 2 aromatic rings. The molecule has 0 bridgehead atoms. The van der Waals surface area contributed by atoms with Gasteiger partial charge in [0.1, 0.15) is 0 Å². The van der Waals surface area contributed by atoms with Crippen molar-refractivity contribution in [2.24, 2.45) is 4.99 Å². The minimum Gasteiger partial charge on any atom is -0.316 e. The standard InChI is InChI=1S/C19H16Cl2N2O3S2/c20-14-7-6-13(9-15(14)21)23-16-10-28(25,26)11-17(16)27-19(23)22-18(24)8-12-4-2-1-3-5-12/h1-7,9,16-17H,8,10-11H2/t16-,17-/m0/s1. The third-order valence-electron chi connectivity index (χ3n) is 4.67. The zero-order valence-corrected chi connectivity index (χ0v) is 17.7. The van der Waals surface area contributed by atoms with Crippen molar-refractivity contribution in [2.45, 2.75) is 17.7 Å². The van der Waals surface area contributed by atoms with Gasteiger partial charge in [-0.2, -0.15) is 4.99 Å². The minimum absolute atomic E-state index is 0.0246. The molecular weight excluding hydrogens is 439 g/mol. The highest BCUT2D eigenvalue weighted by Gasteiger charge is 2.49. The second-order valence-corrected chi connectivity index (χ2v) is 10.9. The molecule has 4 rings (SSSR count). The van der Waals surface area contributed by atoms with Gasteiger partial charge in [-0.25, -0.2) is 8.42 Å². The number of sulfone groups is 1. The zero-order valence-electron chi connectivity index (χ0n) is 14.6. The van der Waals surface area contributed by atoms with Gasteiger partial charge in [-0.3, -0.25) is 4.79 Å². The van der Waals surface area contributed by atoms with Gasteiger partial charge in [-0.05, 0) is 23.8 Å². The van der Waals surface area contributed by atoms with Crippen LogP contribution in [0.25, 0.3) is 0 Å². The molecule has 0 spiro atoms. The number of hydrogen-bond acceptors (Lipinski definition) is 4. The maximum absolute atomic E-state index is 12.5. The van der Waals surface area contributed by atoms with E-state index in [2.05, 4.69) is 4.99 Å². The Morgan fingerprint density at radius 2 is 1.86 bits per heavy atom. The van der Waals surface area contributed by atoms with E-state index in [1.54, 1.807) is 18.2 Å². The van der Waals surface area contributed by atoms with Crippen molar-refractivity contribution in [3.05, 3.63) is 64.1 Å². The van der Waals surface area contributed by atoms with Crippen LogP contribution < -0.4 is 4.90 Å². The lowest BCUT2D eigenvalue weighted by atomic mass is 10.1. The van der Waals surface area contributed by atoms with E-state index in [0.29, 0.717) is 20.9 Å². The van der Waals surface area contributed by atoms with Crippen LogP contribution in [-0.4, -0.2) is 42.3 Å². The number of anilines is 1. The molecule has 28 heavy (non-hydrogen) atoms. The summed E-state index contributed by atoms with van der Waals surface area (Å²) in [5.74, 6) is -0.176. The fraction of sp³-hybridized carbons (Fsp3) is 0.263. The van der Waals surface area contributed by atoms with Crippen molar-refractivity contribution in [1.82, 2.24) is 0 Å². The van der Waals surface area contributed by atoms with E-state index in [1.807, 2.05) is 35.2 Å². The van der Waals surface area contributed by atoms with Crippen molar-refractivity contribution < 1.29 is 13.2 Å². The summed E-state index contributed by atoms with van der Waals surface area (Å²) in [5.41, 5.74) is 1.56. The lowest BCUT2D eigenvalue weighted by Crippen LogP contribution is -2.37. The van der Waals surface area contributed by atoms with Crippen LogP contribution in [0.15, 0.2) is 53.5 Å². The molecule has 0 unspecified atom stereocenters. The molecule has 2 aliphatic heterocycles. The Hall–Kier alpha value is -1.54. The molecule has 0 saturated carbocycles. The van der Waals surface area contributed by atoms with Crippen LogP contribution in [0.5, 0.6) is 0 Å². The van der Waals surface area contributed by atoms with E-state index in [1.165, 1.54) is 11.8 Å². The summed E-state index contributed by atoms with van der Waals surface area (Å²) in [7, 11) is -3.13. The SMILES string of the molecule is O=C(Cc1ccccc1)N=C1S[C@H]2CS(=O)(=O)C[C@@H]2N1c1ccc(Cl)c(Cl)c1. The summed E-state index contributed by atoms with van der Waals surface area (Å²) in [5, 5.41) is 1.11. The molecule has 0 radical (unpaired) electrons. The minimum atomic E-state index is -3.13. The van der Waals surface area contributed by atoms with Crippen molar-refractivity contribution >= 4 is 61.6 Å². The Labute approximate surface area is 177 Å². The van der Waals surface area contributed by atoms with Crippen LogP contribution in [0.3, 0.4) is 0 Å². The Morgan fingerprint density at radius 3 is 2.57 bits per heavy atom. The van der Waals surface area contributed by atoms with Crippen LogP contribution in [0.4, 0.5) is 5.69 Å². The fourth-order valence-corrected chi connectivity index (χ4v) is 7.64. The highest BCUT2D eigenvalue weighted by atomic mass is 35.5. The van der Waals surface area contributed by atoms with Gasteiger partial charge in [-0.1, -0.05) is 65.3 Å². The third-order valence-corrected chi connectivity index (χ3v) is 8.62. The van der Waals surface area contributed by atoms with E-state index in [4.69, 9.17) is 23.2 Å². The molecule has 0 aromatic heterocycles. The quantitative estimate of drug-likeness (QED) is 0.704. The highest BCUT2D eigenvalue weighted by molar-refractivity contribution is 8.16. The summed E-state index contributed by atoms with van der Waals surface area (Å²) in [6.07, 6.45) is 0.188. The van der Waals surface area contributed by atoms with Crippen LogP contribution in [0.2, 0.25) is 10.0 Å². The number of carbonyl (C=O) groups is 1. The first-order valence-electron chi connectivity index (χ1n) is 8.59. The number of rotatable bonds is 3. The Balaban J connectivity index is 1.67. The predicted molar refractivity (Wildman–Crippen MR) is 115 cm³/mol. The van der Waals surface area contributed by atoms with Crippen LogP contribution in [0.1, 0.15) is 5.56 Å². The second-order valence-electron chi connectivity index (χ2n) is 6.72. The van der Waals surface area contributed by atoms with E-state index in [0.717, 1.165) is 5.56 Å². The lowest BCUT2D eigenvalue weighted by molar-refractivity contribution is -0.117. The monoisotopic (exact) mass is 454 g/mol. The number of benzene rings is 2. The molecule has 0 N–H and O–H groups in total. The number of aliphatic imine (C=N–C) groups is 1. The first-order valence-corrected chi connectivity index (χ1v) is 12.0. The fourth-order valence-electron chi connectivity index (χ4n) is 3.42. The number of carbonyl (C=O) groups excluding carboxylic acids is 1. The largest absolute Gasteiger partial charge is 0.316 e. The van der Waals surface area contributed by atoms with E-state index in [-0.39, 0.29) is 35.1 Å². The third kappa shape index (κ3) is 4.08. The molecule has 2 atom stereocenters. The van der Waals surface area contributed by atoms with Crippen molar-refractivity contribution in [1.29, 1.82) is 0 Å². The van der Waals surface area contributed by atoms with Gasteiger partial charge in [0.15, 0.2) is 15.0 Å². The summed E-state index contributed by atoms with van der Waals surface area (Å²) in [4.78, 5) is 18.6.